The van der Waals surface area contributed by atoms with Crippen molar-refractivity contribution in [1.29, 1.82) is 0 Å². The Morgan fingerprint density at radius 3 is 2.21 bits per heavy atom. The van der Waals surface area contributed by atoms with Gasteiger partial charge in [0.2, 0.25) is 11.8 Å². The molecule has 3 aromatic carbocycles. The highest BCUT2D eigenvalue weighted by atomic mass is 35.5. The number of sulfonamides is 1. The van der Waals surface area contributed by atoms with Crippen molar-refractivity contribution in [2.45, 2.75) is 44.7 Å². The van der Waals surface area contributed by atoms with Crippen LogP contribution in [0.15, 0.2) is 71.6 Å². The predicted octanol–water partition coefficient (Wildman–Crippen LogP) is 5.27. The van der Waals surface area contributed by atoms with Crippen LogP contribution in [-0.4, -0.2) is 58.5 Å². The number of hydrogen-bond acceptors (Lipinski definition) is 6. The Kier molecular flexibility index (Phi) is 11.8. The van der Waals surface area contributed by atoms with E-state index in [-0.39, 0.29) is 41.1 Å². The van der Waals surface area contributed by atoms with Gasteiger partial charge in [0.15, 0.2) is 11.5 Å². The van der Waals surface area contributed by atoms with Gasteiger partial charge in [0.05, 0.1) is 24.8 Å². The summed E-state index contributed by atoms with van der Waals surface area (Å²) < 4.78 is 53.4. The topological polar surface area (TPSA) is 105 Å². The lowest BCUT2D eigenvalue weighted by molar-refractivity contribution is -0.140. The normalized spacial score (nSPS) is 12.0. The minimum Gasteiger partial charge on any atom is -0.493 e. The van der Waals surface area contributed by atoms with Crippen LogP contribution in [0.25, 0.3) is 0 Å². The second-order valence-corrected chi connectivity index (χ2v) is 12.5. The zero-order valence-electron chi connectivity index (χ0n) is 24.8. The summed E-state index contributed by atoms with van der Waals surface area (Å²) in [5.41, 5.74) is 0.642. The summed E-state index contributed by atoms with van der Waals surface area (Å²) in [6.45, 7) is 5.35. The quantitative estimate of drug-likeness (QED) is 0.259. The maximum atomic E-state index is 14.1. The number of carbonyl (C=O) groups is 2. The fourth-order valence-electron chi connectivity index (χ4n) is 4.39. The first-order valence-electron chi connectivity index (χ1n) is 13.7. The zero-order chi connectivity index (χ0) is 31.7. The molecule has 0 radical (unpaired) electrons. The smallest absolute Gasteiger partial charge is 0.264 e. The fraction of sp³-hybridized carbons (Fsp3) is 0.355. The van der Waals surface area contributed by atoms with E-state index >= 15 is 0 Å². The first-order valence-corrected chi connectivity index (χ1v) is 15.6. The van der Waals surface area contributed by atoms with Gasteiger partial charge in [-0.2, -0.15) is 0 Å². The van der Waals surface area contributed by atoms with Crippen molar-refractivity contribution < 1.29 is 31.9 Å². The van der Waals surface area contributed by atoms with Crippen molar-refractivity contribution in [3.05, 3.63) is 83.1 Å². The highest BCUT2D eigenvalue weighted by Crippen LogP contribution is 2.32. The van der Waals surface area contributed by atoms with E-state index in [9.17, 15) is 22.4 Å². The molecule has 0 bridgehead atoms. The molecule has 12 heteroatoms. The summed E-state index contributed by atoms with van der Waals surface area (Å²) in [5, 5.41) is 3.27. The van der Waals surface area contributed by atoms with Gasteiger partial charge in [-0.05, 0) is 60.4 Å². The molecule has 0 heterocycles. The van der Waals surface area contributed by atoms with E-state index < -0.39 is 34.3 Å². The minimum atomic E-state index is -4.41. The number of nitrogens with zero attached hydrogens (tertiary/aromatic N) is 2. The average molecular weight is 634 g/mol. The van der Waals surface area contributed by atoms with E-state index in [1.165, 1.54) is 49.5 Å². The monoisotopic (exact) mass is 633 g/mol. The molecule has 0 saturated carbocycles. The number of halogens is 2. The summed E-state index contributed by atoms with van der Waals surface area (Å²) in [5.74, 6) is -0.939. The Labute approximate surface area is 257 Å². The number of anilines is 1. The molecule has 43 heavy (non-hydrogen) atoms. The molecule has 0 aromatic heterocycles. The average Bonchev–Trinajstić information content (AvgIpc) is 2.99. The SMILES string of the molecule is CC[C@@H](C(=O)NCC(C)C)N(Cc1ccccc1Cl)C(=O)CN(c1ccc(F)cc1)S(=O)(=O)c1ccc(OC)c(OC)c1. The molecule has 2 amide bonds. The van der Waals surface area contributed by atoms with Crippen LogP contribution in [-0.2, 0) is 26.2 Å². The third kappa shape index (κ3) is 8.39. The van der Waals surface area contributed by atoms with Crippen molar-refractivity contribution in [3.8, 4) is 11.5 Å². The van der Waals surface area contributed by atoms with Gasteiger partial charge in [0.25, 0.3) is 10.0 Å². The Morgan fingerprint density at radius 1 is 0.977 bits per heavy atom. The van der Waals surface area contributed by atoms with E-state index in [0.29, 0.717) is 22.9 Å². The maximum Gasteiger partial charge on any atom is 0.264 e. The third-order valence-electron chi connectivity index (χ3n) is 6.71. The fourth-order valence-corrected chi connectivity index (χ4v) is 6.02. The molecule has 0 unspecified atom stereocenters. The van der Waals surface area contributed by atoms with E-state index in [0.717, 1.165) is 16.4 Å². The lowest BCUT2D eigenvalue weighted by Gasteiger charge is -2.33. The molecule has 0 aliphatic rings. The second kappa shape index (κ2) is 15.1. The standard InChI is InChI=1S/C31H37ClFN3O6S/c1-6-27(31(38)34-18-21(2)3)35(19-22-9-7-8-10-26(22)32)30(37)20-36(24-13-11-23(33)12-14-24)43(39,40)25-15-16-28(41-4)29(17-25)42-5/h7-17,21,27H,6,18-20H2,1-5H3,(H,34,38)/t27-/m0/s1. The lowest BCUT2D eigenvalue weighted by atomic mass is 10.1. The number of nitrogens with one attached hydrogen (secondary N) is 1. The highest BCUT2D eigenvalue weighted by Gasteiger charge is 2.34. The van der Waals surface area contributed by atoms with Crippen LogP contribution < -0.4 is 19.1 Å². The van der Waals surface area contributed by atoms with Crippen LogP contribution in [0.1, 0.15) is 32.8 Å². The van der Waals surface area contributed by atoms with Crippen LogP contribution in [0, 0.1) is 11.7 Å². The predicted molar refractivity (Wildman–Crippen MR) is 164 cm³/mol. The molecule has 1 N–H and O–H groups in total. The zero-order valence-corrected chi connectivity index (χ0v) is 26.4. The second-order valence-electron chi connectivity index (χ2n) is 10.2. The van der Waals surface area contributed by atoms with Crippen LogP contribution in [0.2, 0.25) is 5.02 Å². The van der Waals surface area contributed by atoms with Gasteiger partial charge in [0.1, 0.15) is 18.4 Å². The Bertz CT molecular complexity index is 1520. The van der Waals surface area contributed by atoms with Crippen molar-refractivity contribution in [1.82, 2.24) is 10.2 Å². The largest absolute Gasteiger partial charge is 0.493 e. The molecular formula is C31H37ClFN3O6S. The van der Waals surface area contributed by atoms with Gasteiger partial charge < -0.3 is 19.7 Å². The lowest BCUT2D eigenvalue weighted by Crippen LogP contribution is -2.52. The number of ether oxygens (including phenoxy) is 2. The van der Waals surface area contributed by atoms with E-state index in [1.807, 2.05) is 13.8 Å². The Morgan fingerprint density at radius 2 is 1.63 bits per heavy atom. The molecule has 0 saturated heterocycles. The summed E-state index contributed by atoms with van der Waals surface area (Å²) in [4.78, 5) is 28.6. The number of rotatable bonds is 14. The number of benzene rings is 3. The van der Waals surface area contributed by atoms with Crippen LogP contribution in [0.3, 0.4) is 0 Å². The van der Waals surface area contributed by atoms with Gasteiger partial charge >= 0.3 is 0 Å². The Hall–Kier alpha value is -3.83. The molecule has 0 spiro atoms. The van der Waals surface area contributed by atoms with Crippen LogP contribution >= 0.6 is 11.6 Å². The first kappa shape index (κ1) is 33.7. The van der Waals surface area contributed by atoms with Crippen molar-refractivity contribution in [2.75, 3.05) is 31.6 Å². The number of hydrogen-bond donors (Lipinski definition) is 1. The van der Waals surface area contributed by atoms with Crippen molar-refractivity contribution >= 4 is 39.1 Å². The molecule has 0 aliphatic heterocycles. The van der Waals surface area contributed by atoms with Gasteiger partial charge in [0, 0.05) is 24.2 Å². The number of methoxy groups -OCH3 is 2. The maximum absolute atomic E-state index is 14.1. The van der Waals surface area contributed by atoms with Crippen LogP contribution in [0.4, 0.5) is 10.1 Å². The van der Waals surface area contributed by atoms with Gasteiger partial charge in [-0.1, -0.05) is 50.6 Å². The molecule has 9 nitrogen and oxygen atoms in total. The van der Waals surface area contributed by atoms with E-state index in [2.05, 4.69) is 5.32 Å². The van der Waals surface area contributed by atoms with E-state index in [1.54, 1.807) is 31.2 Å². The molecule has 0 aliphatic carbocycles. The summed E-state index contributed by atoms with van der Waals surface area (Å²) in [6.07, 6.45) is 0.263. The summed E-state index contributed by atoms with van der Waals surface area (Å²) >= 11 is 6.42. The number of carbonyl (C=O) groups excluding carboxylic acids is 2. The van der Waals surface area contributed by atoms with E-state index in [4.69, 9.17) is 21.1 Å². The van der Waals surface area contributed by atoms with Crippen LogP contribution in [0.5, 0.6) is 11.5 Å². The third-order valence-corrected chi connectivity index (χ3v) is 8.84. The molecule has 232 valence electrons. The highest BCUT2D eigenvalue weighted by molar-refractivity contribution is 7.92. The molecule has 0 fully saturated rings. The summed E-state index contributed by atoms with van der Waals surface area (Å²) in [7, 11) is -1.61. The summed E-state index contributed by atoms with van der Waals surface area (Å²) in [6, 6.07) is 14.8. The van der Waals surface area contributed by atoms with Gasteiger partial charge in [-0.15, -0.1) is 0 Å². The molecule has 1 atom stereocenters. The molecule has 3 aromatic rings. The van der Waals surface area contributed by atoms with Gasteiger partial charge in [-0.3, -0.25) is 13.9 Å². The Balaban J connectivity index is 2.09. The molecule has 3 rings (SSSR count). The minimum absolute atomic E-state index is 0.0419. The van der Waals surface area contributed by atoms with Crippen molar-refractivity contribution in [3.63, 3.8) is 0 Å². The van der Waals surface area contributed by atoms with Crippen molar-refractivity contribution in [2.24, 2.45) is 5.92 Å². The van der Waals surface area contributed by atoms with Gasteiger partial charge in [-0.25, -0.2) is 12.8 Å². The first-order chi connectivity index (χ1) is 20.4. The molecular weight excluding hydrogens is 597 g/mol. The number of amides is 2.